The molecule has 1 heterocycles. The maximum atomic E-state index is 12.1. The molecule has 0 amide bonds. The number of rotatable bonds is 4. The average molecular weight is 309 g/mol. The van der Waals surface area contributed by atoms with Gasteiger partial charge in [0, 0.05) is 24.4 Å². The fourth-order valence-electron chi connectivity index (χ4n) is 1.64. The zero-order valence-electron chi connectivity index (χ0n) is 10.9. The molecule has 0 saturated heterocycles. The van der Waals surface area contributed by atoms with Crippen LogP contribution in [0.15, 0.2) is 46.2 Å². The van der Waals surface area contributed by atoms with E-state index in [4.69, 9.17) is 0 Å². The van der Waals surface area contributed by atoms with Crippen LogP contribution in [0.5, 0.6) is 0 Å². The summed E-state index contributed by atoms with van der Waals surface area (Å²) in [5.41, 5.74) is 0.101. The second kappa shape index (κ2) is 5.37. The molecule has 0 fully saturated rings. The van der Waals surface area contributed by atoms with Crippen LogP contribution in [-0.2, 0) is 10.0 Å². The zero-order valence-corrected chi connectivity index (χ0v) is 11.7. The Labute approximate surface area is 119 Å². The predicted octanol–water partition coefficient (Wildman–Crippen LogP) is 1.39. The minimum atomic E-state index is -3.88. The van der Waals surface area contributed by atoms with Gasteiger partial charge in [-0.2, -0.15) is 0 Å². The first-order valence-corrected chi connectivity index (χ1v) is 7.24. The lowest BCUT2D eigenvalue weighted by atomic mass is 10.2. The third kappa shape index (κ3) is 3.26. The van der Waals surface area contributed by atoms with E-state index in [2.05, 4.69) is 9.71 Å². The zero-order chi connectivity index (χ0) is 15.6. The van der Waals surface area contributed by atoms with E-state index in [1.165, 1.54) is 24.3 Å². The summed E-state index contributed by atoms with van der Waals surface area (Å²) in [6, 6.07) is 6.05. The molecule has 0 unspecified atom stereocenters. The normalized spacial score (nSPS) is 11.1. The Kier molecular flexibility index (Phi) is 3.76. The average Bonchev–Trinajstić information content (AvgIpc) is 2.41. The molecule has 0 aliphatic heterocycles. The van der Waals surface area contributed by atoms with Gasteiger partial charge in [-0.1, -0.05) is 0 Å². The van der Waals surface area contributed by atoms with Gasteiger partial charge < -0.3 is 4.98 Å². The fraction of sp³-hybridized carbons (Fsp3) is 0.0833. The lowest BCUT2D eigenvalue weighted by molar-refractivity contribution is -0.384. The van der Waals surface area contributed by atoms with Gasteiger partial charge in [-0.15, -0.1) is 0 Å². The minimum Gasteiger partial charge on any atom is -0.328 e. The first-order valence-electron chi connectivity index (χ1n) is 5.76. The standard InChI is InChI=1S/C12H11N3O5S/c1-8-6-9(15(17)18)2-4-11(8)14-21(19,20)10-3-5-12(16)13-7-10/h2-7,14H,1H3,(H,13,16). The van der Waals surface area contributed by atoms with Crippen molar-refractivity contribution in [3.63, 3.8) is 0 Å². The molecule has 0 bridgehead atoms. The molecular weight excluding hydrogens is 298 g/mol. The highest BCUT2D eigenvalue weighted by molar-refractivity contribution is 7.92. The Balaban J connectivity index is 2.35. The number of nitrogens with one attached hydrogen (secondary N) is 2. The highest BCUT2D eigenvalue weighted by Gasteiger charge is 2.16. The Hall–Kier alpha value is -2.68. The molecular formula is C12H11N3O5S. The van der Waals surface area contributed by atoms with Gasteiger partial charge in [-0.05, 0) is 24.6 Å². The van der Waals surface area contributed by atoms with Crippen molar-refractivity contribution < 1.29 is 13.3 Å². The van der Waals surface area contributed by atoms with Gasteiger partial charge in [0.25, 0.3) is 15.7 Å². The molecule has 110 valence electrons. The van der Waals surface area contributed by atoms with E-state index in [9.17, 15) is 23.3 Å². The molecule has 2 aromatic rings. The summed E-state index contributed by atoms with van der Waals surface area (Å²) in [6.07, 6.45) is 1.07. The Morgan fingerprint density at radius 3 is 2.48 bits per heavy atom. The third-order valence-electron chi connectivity index (χ3n) is 2.73. The van der Waals surface area contributed by atoms with Gasteiger partial charge in [-0.25, -0.2) is 8.42 Å². The number of H-pyrrole nitrogens is 1. The number of pyridine rings is 1. The summed E-state index contributed by atoms with van der Waals surface area (Å²) < 4.78 is 26.5. The molecule has 1 aromatic heterocycles. The first kappa shape index (κ1) is 14.7. The summed E-state index contributed by atoms with van der Waals surface area (Å²) in [5, 5.41) is 10.6. The van der Waals surface area contributed by atoms with E-state index < -0.39 is 20.5 Å². The summed E-state index contributed by atoms with van der Waals surface area (Å²) in [7, 11) is -3.88. The first-order chi connectivity index (χ1) is 9.79. The van der Waals surface area contributed by atoms with Crippen LogP contribution >= 0.6 is 0 Å². The molecule has 0 aliphatic rings. The highest BCUT2D eigenvalue weighted by atomic mass is 32.2. The Morgan fingerprint density at radius 2 is 1.95 bits per heavy atom. The van der Waals surface area contributed by atoms with Gasteiger partial charge in [-0.3, -0.25) is 19.6 Å². The van der Waals surface area contributed by atoms with Gasteiger partial charge in [0.15, 0.2) is 0 Å². The highest BCUT2D eigenvalue weighted by Crippen LogP contribution is 2.23. The molecule has 0 saturated carbocycles. The van der Waals surface area contributed by atoms with Crippen LogP contribution < -0.4 is 10.3 Å². The number of nitro benzene ring substituents is 1. The van der Waals surface area contributed by atoms with E-state index in [0.29, 0.717) is 5.56 Å². The number of nitro groups is 1. The number of benzene rings is 1. The van der Waals surface area contributed by atoms with Crippen LogP contribution in [0.25, 0.3) is 0 Å². The molecule has 2 N–H and O–H groups in total. The molecule has 9 heteroatoms. The number of nitrogens with zero attached hydrogens (tertiary/aromatic N) is 1. The van der Waals surface area contributed by atoms with Crippen LogP contribution in [-0.4, -0.2) is 18.3 Å². The molecule has 8 nitrogen and oxygen atoms in total. The van der Waals surface area contributed by atoms with Gasteiger partial charge in [0.1, 0.15) is 4.90 Å². The minimum absolute atomic E-state index is 0.111. The molecule has 0 spiro atoms. The van der Waals surface area contributed by atoms with E-state index in [1.54, 1.807) is 6.92 Å². The van der Waals surface area contributed by atoms with E-state index >= 15 is 0 Å². The third-order valence-corrected chi connectivity index (χ3v) is 4.09. The SMILES string of the molecule is Cc1cc([N+](=O)[O-])ccc1NS(=O)(=O)c1ccc(=O)[nH]c1. The number of anilines is 1. The predicted molar refractivity (Wildman–Crippen MR) is 75.7 cm³/mol. The number of aromatic amines is 1. The number of aromatic nitrogens is 1. The molecule has 0 radical (unpaired) electrons. The van der Waals surface area contributed by atoms with E-state index in [-0.39, 0.29) is 16.3 Å². The summed E-state index contributed by atoms with van der Waals surface area (Å²) in [5.74, 6) is 0. The van der Waals surface area contributed by atoms with Crippen LogP contribution in [0.1, 0.15) is 5.56 Å². The number of non-ortho nitro benzene ring substituents is 1. The van der Waals surface area contributed by atoms with Crippen LogP contribution in [0.4, 0.5) is 11.4 Å². The summed E-state index contributed by atoms with van der Waals surface area (Å²) >= 11 is 0. The van der Waals surface area contributed by atoms with Crippen molar-refractivity contribution in [1.29, 1.82) is 0 Å². The van der Waals surface area contributed by atoms with Crippen molar-refractivity contribution in [3.05, 3.63) is 62.6 Å². The number of hydrogen-bond acceptors (Lipinski definition) is 5. The van der Waals surface area contributed by atoms with Crippen LogP contribution in [0.2, 0.25) is 0 Å². The molecule has 2 rings (SSSR count). The van der Waals surface area contributed by atoms with Crippen molar-refractivity contribution in [3.8, 4) is 0 Å². The molecule has 0 aliphatic carbocycles. The summed E-state index contributed by atoms with van der Waals surface area (Å²) in [4.78, 5) is 23.2. The Morgan fingerprint density at radius 1 is 1.24 bits per heavy atom. The fourth-order valence-corrected chi connectivity index (χ4v) is 2.74. The Bertz CT molecular complexity index is 837. The van der Waals surface area contributed by atoms with Crippen LogP contribution in [0.3, 0.4) is 0 Å². The second-order valence-electron chi connectivity index (χ2n) is 4.25. The van der Waals surface area contributed by atoms with Gasteiger partial charge in [0.2, 0.25) is 5.56 Å². The maximum absolute atomic E-state index is 12.1. The largest absolute Gasteiger partial charge is 0.328 e. The van der Waals surface area contributed by atoms with Crippen molar-refractivity contribution >= 4 is 21.4 Å². The number of hydrogen-bond donors (Lipinski definition) is 2. The van der Waals surface area contributed by atoms with Crippen molar-refractivity contribution in [1.82, 2.24) is 4.98 Å². The second-order valence-corrected chi connectivity index (χ2v) is 5.93. The molecule has 1 aromatic carbocycles. The lowest BCUT2D eigenvalue weighted by Crippen LogP contribution is -2.15. The molecule has 0 atom stereocenters. The molecule has 21 heavy (non-hydrogen) atoms. The van der Waals surface area contributed by atoms with Gasteiger partial charge in [0.05, 0.1) is 10.6 Å². The summed E-state index contributed by atoms with van der Waals surface area (Å²) in [6.45, 7) is 1.55. The number of aryl methyl sites for hydroxylation is 1. The van der Waals surface area contributed by atoms with E-state index in [0.717, 1.165) is 12.3 Å². The topological polar surface area (TPSA) is 122 Å². The lowest BCUT2D eigenvalue weighted by Gasteiger charge is -2.10. The quantitative estimate of drug-likeness (QED) is 0.652. The van der Waals surface area contributed by atoms with Crippen LogP contribution in [0, 0.1) is 17.0 Å². The number of sulfonamides is 1. The van der Waals surface area contributed by atoms with Gasteiger partial charge >= 0.3 is 0 Å². The van der Waals surface area contributed by atoms with Crippen molar-refractivity contribution in [2.75, 3.05) is 4.72 Å². The van der Waals surface area contributed by atoms with Crippen molar-refractivity contribution in [2.24, 2.45) is 0 Å². The van der Waals surface area contributed by atoms with Crippen molar-refractivity contribution in [2.45, 2.75) is 11.8 Å². The monoisotopic (exact) mass is 309 g/mol. The maximum Gasteiger partial charge on any atom is 0.269 e. The van der Waals surface area contributed by atoms with E-state index in [1.807, 2.05) is 0 Å². The smallest absolute Gasteiger partial charge is 0.269 e.